The van der Waals surface area contributed by atoms with Crippen LogP contribution in [0.1, 0.15) is 29.9 Å². The summed E-state index contributed by atoms with van der Waals surface area (Å²) in [5.41, 5.74) is 13.7. The van der Waals surface area contributed by atoms with E-state index in [4.69, 9.17) is 10.5 Å². The zero-order valence-corrected chi connectivity index (χ0v) is 19.5. The predicted octanol–water partition coefficient (Wildman–Crippen LogP) is 2.16. The highest BCUT2D eigenvalue weighted by Crippen LogP contribution is 2.28. The number of nitrogens with one attached hydrogen (secondary N) is 3. The average Bonchev–Trinajstić information content (AvgIpc) is 3.49. The van der Waals surface area contributed by atoms with Gasteiger partial charge in [-0.05, 0) is 53.6 Å². The quantitative estimate of drug-likeness (QED) is 0.255. The van der Waals surface area contributed by atoms with Crippen molar-refractivity contribution in [2.75, 3.05) is 17.7 Å². The average molecular weight is 489 g/mol. The Labute approximate surface area is 205 Å². The highest BCUT2D eigenvalue weighted by atomic mass is 16.6. The van der Waals surface area contributed by atoms with Crippen molar-refractivity contribution in [3.8, 4) is 22.8 Å². The standard InChI is InChI=1S/C23H23N9O4/c1-4-35-18-10-8-15(9-11-18)20-19(27-31-32(20)22-21(24)29-36-30-22)23(34)28-26-13(2)16-6-5-7-17(12-16)25-14(3)33/h5-12,26H,2,4H2,1,3H3,(H2,24,29)(H,25,33)(H,28,34). The lowest BCUT2D eigenvalue weighted by atomic mass is 10.1. The van der Waals surface area contributed by atoms with Crippen LogP contribution in [0, 0.1) is 0 Å². The molecule has 0 aliphatic carbocycles. The van der Waals surface area contributed by atoms with Crippen LogP contribution in [0.15, 0.2) is 59.7 Å². The summed E-state index contributed by atoms with van der Waals surface area (Å²) >= 11 is 0. The summed E-state index contributed by atoms with van der Waals surface area (Å²) in [4.78, 5) is 24.4. The Bertz CT molecular complexity index is 1410. The molecule has 2 heterocycles. The second-order valence-electron chi connectivity index (χ2n) is 7.45. The van der Waals surface area contributed by atoms with Gasteiger partial charge in [-0.1, -0.05) is 23.9 Å². The van der Waals surface area contributed by atoms with Gasteiger partial charge >= 0.3 is 0 Å². The topological polar surface area (TPSA) is 175 Å². The van der Waals surface area contributed by atoms with Gasteiger partial charge in [-0.2, -0.15) is 4.68 Å². The molecule has 2 aromatic heterocycles. The number of aromatic nitrogens is 5. The maximum atomic E-state index is 13.1. The van der Waals surface area contributed by atoms with E-state index in [2.05, 4.69) is 48.0 Å². The van der Waals surface area contributed by atoms with E-state index in [1.807, 2.05) is 6.92 Å². The fourth-order valence-corrected chi connectivity index (χ4v) is 3.31. The van der Waals surface area contributed by atoms with Gasteiger partial charge < -0.3 is 15.8 Å². The van der Waals surface area contributed by atoms with E-state index in [-0.39, 0.29) is 23.2 Å². The van der Waals surface area contributed by atoms with Crippen LogP contribution in [-0.2, 0) is 4.79 Å². The number of hydrogen-bond donors (Lipinski definition) is 4. The molecule has 13 heteroatoms. The molecule has 0 radical (unpaired) electrons. The molecule has 36 heavy (non-hydrogen) atoms. The molecule has 0 atom stereocenters. The van der Waals surface area contributed by atoms with Crippen LogP contribution < -0.4 is 26.6 Å². The first-order valence-corrected chi connectivity index (χ1v) is 10.8. The Morgan fingerprint density at radius 1 is 1.14 bits per heavy atom. The lowest BCUT2D eigenvalue weighted by Gasteiger charge is -2.13. The summed E-state index contributed by atoms with van der Waals surface area (Å²) < 4.78 is 11.5. The van der Waals surface area contributed by atoms with Crippen molar-refractivity contribution in [3.63, 3.8) is 0 Å². The normalized spacial score (nSPS) is 10.5. The van der Waals surface area contributed by atoms with Crippen molar-refractivity contribution in [2.24, 2.45) is 0 Å². The number of rotatable bonds is 9. The van der Waals surface area contributed by atoms with Crippen molar-refractivity contribution in [3.05, 3.63) is 66.4 Å². The second kappa shape index (κ2) is 10.4. The summed E-state index contributed by atoms with van der Waals surface area (Å²) in [6, 6.07) is 14.0. The van der Waals surface area contributed by atoms with Gasteiger partial charge in [-0.3, -0.25) is 20.4 Å². The van der Waals surface area contributed by atoms with Crippen LogP contribution in [-0.4, -0.2) is 43.7 Å². The summed E-state index contributed by atoms with van der Waals surface area (Å²) in [7, 11) is 0. The molecule has 0 saturated heterocycles. The zero-order valence-electron chi connectivity index (χ0n) is 19.5. The molecular formula is C23H23N9O4. The number of nitrogens with zero attached hydrogens (tertiary/aromatic N) is 5. The molecule has 0 aliphatic heterocycles. The molecule has 0 aliphatic rings. The van der Waals surface area contributed by atoms with Crippen LogP contribution >= 0.6 is 0 Å². The van der Waals surface area contributed by atoms with Gasteiger partial charge in [0.1, 0.15) is 11.4 Å². The molecule has 0 fully saturated rings. The monoisotopic (exact) mass is 489 g/mol. The number of ether oxygens (including phenoxy) is 1. The van der Waals surface area contributed by atoms with E-state index in [1.54, 1.807) is 48.5 Å². The molecule has 13 nitrogen and oxygen atoms in total. The third kappa shape index (κ3) is 5.14. The van der Waals surface area contributed by atoms with E-state index >= 15 is 0 Å². The van der Waals surface area contributed by atoms with E-state index in [0.29, 0.717) is 40.6 Å². The molecule has 4 rings (SSSR count). The highest BCUT2D eigenvalue weighted by Gasteiger charge is 2.25. The fraction of sp³-hybridized carbons (Fsp3) is 0.130. The van der Waals surface area contributed by atoms with Crippen molar-refractivity contribution in [2.45, 2.75) is 13.8 Å². The van der Waals surface area contributed by atoms with Crippen molar-refractivity contribution in [1.29, 1.82) is 0 Å². The van der Waals surface area contributed by atoms with Gasteiger partial charge in [-0.15, -0.1) is 5.10 Å². The molecular weight excluding hydrogens is 466 g/mol. The number of nitrogen functional groups attached to an aromatic ring is 1. The van der Waals surface area contributed by atoms with Gasteiger partial charge in [0.15, 0.2) is 5.69 Å². The number of carbonyl (C=O) groups excluding carboxylic acids is 2. The van der Waals surface area contributed by atoms with Crippen LogP contribution in [0.3, 0.4) is 0 Å². The van der Waals surface area contributed by atoms with Gasteiger partial charge in [-0.25, -0.2) is 4.63 Å². The van der Waals surface area contributed by atoms with Gasteiger partial charge in [0.05, 0.1) is 12.3 Å². The molecule has 0 spiro atoms. The number of anilines is 2. The number of benzene rings is 2. The Morgan fingerprint density at radius 2 is 1.92 bits per heavy atom. The minimum Gasteiger partial charge on any atom is -0.494 e. The van der Waals surface area contributed by atoms with Crippen molar-refractivity contribution >= 4 is 29.0 Å². The predicted molar refractivity (Wildman–Crippen MR) is 131 cm³/mol. The Balaban J connectivity index is 1.60. The third-order valence-electron chi connectivity index (χ3n) is 4.88. The summed E-state index contributed by atoms with van der Waals surface area (Å²) in [6.07, 6.45) is 0. The number of amides is 2. The SMILES string of the molecule is C=C(NNC(=O)c1nnn(-c2nonc2N)c1-c1ccc(OCC)cc1)c1cccc(NC(C)=O)c1. The number of hydrogen-bond acceptors (Lipinski definition) is 10. The first-order valence-electron chi connectivity index (χ1n) is 10.8. The van der Waals surface area contributed by atoms with Crippen LogP contribution in [0.25, 0.3) is 22.8 Å². The van der Waals surface area contributed by atoms with Crippen LogP contribution in [0.4, 0.5) is 11.5 Å². The second-order valence-corrected chi connectivity index (χ2v) is 7.45. The molecule has 2 amide bonds. The van der Waals surface area contributed by atoms with Crippen LogP contribution in [0.5, 0.6) is 5.75 Å². The largest absolute Gasteiger partial charge is 0.494 e. The maximum Gasteiger partial charge on any atom is 0.292 e. The van der Waals surface area contributed by atoms with Gasteiger partial charge in [0.25, 0.3) is 5.91 Å². The molecule has 184 valence electrons. The lowest BCUT2D eigenvalue weighted by Crippen LogP contribution is -2.36. The molecule has 2 aromatic carbocycles. The molecule has 4 aromatic rings. The molecule has 0 saturated carbocycles. The van der Waals surface area contributed by atoms with E-state index < -0.39 is 5.91 Å². The summed E-state index contributed by atoms with van der Waals surface area (Å²) in [5.74, 6) is -0.0817. The van der Waals surface area contributed by atoms with Crippen molar-refractivity contribution < 1.29 is 19.0 Å². The molecule has 0 unspecified atom stereocenters. The maximum absolute atomic E-state index is 13.1. The fourth-order valence-electron chi connectivity index (χ4n) is 3.31. The van der Waals surface area contributed by atoms with Gasteiger partial charge in [0.2, 0.25) is 17.5 Å². The van der Waals surface area contributed by atoms with Gasteiger partial charge in [0, 0.05) is 23.7 Å². The zero-order chi connectivity index (χ0) is 25.7. The van der Waals surface area contributed by atoms with E-state index in [9.17, 15) is 9.59 Å². The summed E-state index contributed by atoms with van der Waals surface area (Å²) in [5, 5.41) is 18.1. The first kappa shape index (κ1) is 23.9. The molecule has 0 bridgehead atoms. The highest BCUT2D eigenvalue weighted by molar-refractivity contribution is 5.98. The van der Waals surface area contributed by atoms with E-state index in [0.717, 1.165) is 0 Å². The summed E-state index contributed by atoms with van der Waals surface area (Å²) in [6.45, 7) is 7.74. The molecule has 5 N–H and O–H groups in total. The smallest absolute Gasteiger partial charge is 0.292 e. The minimum atomic E-state index is -0.598. The van der Waals surface area contributed by atoms with E-state index in [1.165, 1.54) is 11.6 Å². The Morgan fingerprint density at radius 3 is 2.58 bits per heavy atom. The number of carbonyl (C=O) groups is 2. The number of nitrogens with two attached hydrogens (primary N) is 1. The van der Waals surface area contributed by atoms with Crippen LogP contribution in [0.2, 0.25) is 0 Å². The van der Waals surface area contributed by atoms with Crippen molar-refractivity contribution in [1.82, 2.24) is 36.2 Å². The number of hydrazine groups is 1. The minimum absolute atomic E-state index is 0.0196. The Kier molecular flexibility index (Phi) is 6.90. The Hall–Kier alpha value is -5.20. The first-order chi connectivity index (χ1) is 17.4. The third-order valence-corrected chi connectivity index (χ3v) is 4.88. The lowest BCUT2D eigenvalue weighted by molar-refractivity contribution is -0.114.